The lowest BCUT2D eigenvalue weighted by atomic mass is 10.1. The van der Waals surface area contributed by atoms with Gasteiger partial charge in [-0.2, -0.15) is 0 Å². The minimum absolute atomic E-state index is 0.177. The molecule has 0 saturated heterocycles. The molecule has 0 spiro atoms. The summed E-state index contributed by atoms with van der Waals surface area (Å²) in [5, 5.41) is 2.71. The van der Waals surface area contributed by atoms with E-state index in [0.717, 1.165) is 15.6 Å². The zero-order valence-electron chi connectivity index (χ0n) is 13.5. The topological polar surface area (TPSA) is 75.3 Å². The van der Waals surface area contributed by atoms with E-state index in [1.807, 2.05) is 32.0 Å². The molecule has 2 rings (SSSR count). The number of amides is 1. The van der Waals surface area contributed by atoms with Crippen LogP contribution in [0.2, 0.25) is 0 Å². The van der Waals surface area contributed by atoms with Crippen LogP contribution in [0.4, 0.5) is 5.69 Å². The molecular weight excluding hydrogens is 392 g/mol. The molecule has 2 aromatic rings. The SMILES string of the molecule is Cc1ccc(NC(=O)CNS(=O)(=O)Cc2cccc(Br)c2)c(C)c1. The van der Waals surface area contributed by atoms with Crippen LogP contribution in [-0.4, -0.2) is 20.9 Å². The quantitative estimate of drug-likeness (QED) is 0.767. The van der Waals surface area contributed by atoms with Crippen LogP contribution in [-0.2, 0) is 20.6 Å². The molecule has 0 aliphatic heterocycles. The first-order chi connectivity index (χ1) is 11.2. The largest absolute Gasteiger partial charge is 0.325 e. The van der Waals surface area contributed by atoms with Crippen LogP contribution < -0.4 is 10.0 Å². The van der Waals surface area contributed by atoms with Gasteiger partial charge in [0.1, 0.15) is 0 Å². The maximum absolute atomic E-state index is 12.1. The summed E-state index contributed by atoms with van der Waals surface area (Å²) in [6.45, 7) is 3.55. The summed E-state index contributed by atoms with van der Waals surface area (Å²) >= 11 is 3.30. The number of carbonyl (C=O) groups is 1. The van der Waals surface area contributed by atoms with Crippen molar-refractivity contribution >= 4 is 37.5 Å². The fourth-order valence-corrected chi connectivity index (χ4v) is 3.74. The van der Waals surface area contributed by atoms with Gasteiger partial charge < -0.3 is 5.32 Å². The molecule has 0 unspecified atom stereocenters. The number of carbonyl (C=O) groups excluding carboxylic acids is 1. The predicted molar refractivity (Wildman–Crippen MR) is 99.3 cm³/mol. The van der Waals surface area contributed by atoms with Gasteiger partial charge in [0.15, 0.2) is 0 Å². The highest BCUT2D eigenvalue weighted by Gasteiger charge is 2.14. The average Bonchev–Trinajstić information content (AvgIpc) is 2.48. The summed E-state index contributed by atoms with van der Waals surface area (Å²) in [5.74, 6) is -0.580. The monoisotopic (exact) mass is 410 g/mol. The molecule has 24 heavy (non-hydrogen) atoms. The lowest BCUT2D eigenvalue weighted by Gasteiger charge is -2.10. The van der Waals surface area contributed by atoms with Crippen molar-refractivity contribution in [2.45, 2.75) is 19.6 Å². The maximum Gasteiger partial charge on any atom is 0.239 e. The van der Waals surface area contributed by atoms with E-state index in [-0.39, 0.29) is 12.3 Å². The van der Waals surface area contributed by atoms with Crippen molar-refractivity contribution in [1.82, 2.24) is 4.72 Å². The third-order valence-electron chi connectivity index (χ3n) is 3.35. The van der Waals surface area contributed by atoms with Gasteiger partial charge in [0, 0.05) is 10.2 Å². The van der Waals surface area contributed by atoms with E-state index < -0.39 is 15.9 Å². The molecule has 2 N–H and O–H groups in total. The molecule has 128 valence electrons. The van der Waals surface area contributed by atoms with Gasteiger partial charge in [0.25, 0.3) is 0 Å². The second kappa shape index (κ2) is 7.92. The fraction of sp³-hybridized carbons (Fsp3) is 0.235. The van der Waals surface area contributed by atoms with Crippen LogP contribution in [0.25, 0.3) is 0 Å². The Bertz CT molecular complexity index is 851. The molecular formula is C17H19BrN2O3S. The minimum atomic E-state index is -3.59. The number of aryl methyl sites for hydroxylation is 2. The smallest absolute Gasteiger partial charge is 0.239 e. The zero-order chi connectivity index (χ0) is 17.7. The first-order valence-electron chi connectivity index (χ1n) is 7.34. The molecule has 0 aliphatic rings. The first-order valence-corrected chi connectivity index (χ1v) is 9.78. The Hall–Kier alpha value is -1.70. The van der Waals surface area contributed by atoms with E-state index in [9.17, 15) is 13.2 Å². The van der Waals surface area contributed by atoms with Crippen LogP contribution in [0.1, 0.15) is 16.7 Å². The zero-order valence-corrected chi connectivity index (χ0v) is 15.9. The Morgan fingerprint density at radius 3 is 2.54 bits per heavy atom. The Morgan fingerprint density at radius 1 is 1.12 bits per heavy atom. The van der Waals surface area contributed by atoms with E-state index in [2.05, 4.69) is 26.0 Å². The summed E-state index contributed by atoms with van der Waals surface area (Å²) < 4.78 is 27.3. The lowest BCUT2D eigenvalue weighted by molar-refractivity contribution is -0.115. The van der Waals surface area contributed by atoms with Crippen molar-refractivity contribution in [2.24, 2.45) is 0 Å². The number of rotatable bonds is 6. The Labute approximate surface area is 150 Å². The number of sulfonamides is 1. The van der Waals surface area contributed by atoms with Gasteiger partial charge in [-0.25, -0.2) is 13.1 Å². The van der Waals surface area contributed by atoms with Crippen LogP contribution in [0.3, 0.4) is 0 Å². The van der Waals surface area contributed by atoms with Crippen molar-refractivity contribution in [3.8, 4) is 0 Å². The van der Waals surface area contributed by atoms with Crippen molar-refractivity contribution < 1.29 is 13.2 Å². The van der Waals surface area contributed by atoms with Gasteiger partial charge in [-0.3, -0.25) is 4.79 Å². The third-order valence-corrected chi connectivity index (χ3v) is 5.15. The maximum atomic E-state index is 12.1. The van der Waals surface area contributed by atoms with Crippen molar-refractivity contribution in [2.75, 3.05) is 11.9 Å². The highest BCUT2D eigenvalue weighted by molar-refractivity contribution is 9.10. The van der Waals surface area contributed by atoms with Gasteiger partial charge in [-0.15, -0.1) is 0 Å². The molecule has 0 aromatic heterocycles. The fourth-order valence-electron chi connectivity index (χ4n) is 2.22. The molecule has 0 atom stereocenters. The number of halogens is 1. The standard InChI is InChI=1S/C17H19BrN2O3S/c1-12-6-7-16(13(2)8-12)20-17(21)10-19-24(22,23)11-14-4-3-5-15(18)9-14/h3-9,19H,10-11H2,1-2H3,(H,20,21). The molecule has 7 heteroatoms. The molecule has 0 bridgehead atoms. The van der Waals surface area contributed by atoms with E-state index >= 15 is 0 Å². The summed E-state index contributed by atoms with van der Waals surface area (Å²) in [7, 11) is -3.59. The van der Waals surface area contributed by atoms with Crippen LogP contribution >= 0.6 is 15.9 Å². The highest BCUT2D eigenvalue weighted by Crippen LogP contribution is 2.16. The van der Waals surface area contributed by atoms with Crippen LogP contribution in [0.15, 0.2) is 46.9 Å². The van der Waals surface area contributed by atoms with Crippen molar-refractivity contribution in [3.05, 3.63) is 63.6 Å². The number of anilines is 1. The predicted octanol–water partition coefficient (Wildman–Crippen LogP) is 3.12. The summed E-state index contributed by atoms with van der Waals surface area (Å²) in [4.78, 5) is 12.0. The first kappa shape index (κ1) is 18.6. The Balaban J connectivity index is 1.92. The molecule has 0 radical (unpaired) electrons. The minimum Gasteiger partial charge on any atom is -0.325 e. The van der Waals surface area contributed by atoms with Crippen molar-refractivity contribution in [3.63, 3.8) is 0 Å². The number of hydrogen-bond acceptors (Lipinski definition) is 3. The van der Waals surface area contributed by atoms with E-state index in [0.29, 0.717) is 11.3 Å². The second-order valence-corrected chi connectivity index (χ2v) is 8.30. The second-order valence-electron chi connectivity index (χ2n) is 5.58. The number of hydrogen-bond donors (Lipinski definition) is 2. The highest BCUT2D eigenvalue weighted by atomic mass is 79.9. The van der Waals surface area contributed by atoms with Gasteiger partial charge in [0.05, 0.1) is 12.3 Å². The van der Waals surface area contributed by atoms with Gasteiger partial charge in [0.2, 0.25) is 15.9 Å². The Kier molecular flexibility index (Phi) is 6.15. The van der Waals surface area contributed by atoms with Crippen LogP contribution in [0, 0.1) is 13.8 Å². The van der Waals surface area contributed by atoms with Gasteiger partial charge in [-0.05, 0) is 43.2 Å². The van der Waals surface area contributed by atoms with E-state index in [4.69, 9.17) is 0 Å². The molecule has 0 aliphatic carbocycles. The van der Waals surface area contributed by atoms with Crippen molar-refractivity contribution in [1.29, 1.82) is 0 Å². The molecule has 5 nitrogen and oxygen atoms in total. The Morgan fingerprint density at radius 2 is 1.88 bits per heavy atom. The van der Waals surface area contributed by atoms with E-state index in [1.165, 1.54) is 0 Å². The lowest BCUT2D eigenvalue weighted by Crippen LogP contribution is -2.33. The van der Waals surface area contributed by atoms with Crippen LogP contribution in [0.5, 0.6) is 0 Å². The summed E-state index contributed by atoms with van der Waals surface area (Å²) in [6, 6.07) is 12.7. The molecule has 0 heterocycles. The molecule has 0 saturated carbocycles. The normalized spacial score (nSPS) is 11.3. The molecule has 1 amide bonds. The molecule has 0 fully saturated rings. The number of benzene rings is 2. The van der Waals surface area contributed by atoms with Gasteiger partial charge in [-0.1, -0.05) is 45.8 Å². The molecule has 2 aromatic carbocycles. The third kappa shape index (κ3) is 5.74. The number of nitrogens with one attached hydrogen (secondary N) is 2. The van der Waals surface area contributed by atoms with E-state index in [1.54, 1.807) is 24.3 Å². The average molecular weight is 411 g/mol. The summed E-state index contributed by atoms with van der Waals surface area (Å²) in [6.07, 6.45) is 0. The van der Waals surface area contributed by atoms with Gasteiger partial charge >= 0.3 is 0 Å². The summed E-state index contributed by atoms with van der Waals surface area (Å²) in [5.41, 5.74) is 3.35.